The van der Waals surface area contributed by atoms with E-state index in [4.69, 9.17) is 0 Å². The van der Waals surface area contributed by atoms with Crippen LogP contribution in [-0.4, -0.2) is 0 Å². The molecule has 0 aliphatic heterocycles. The summed E-state index contributed by atoms with van der Waals surface area (Å²) in [6, 6.07) is 4.20. The molecule has 23 heavy (non-hydrogen) atoms. The molecule has 0 amide bonds. The third kappa shape index (κ3) is 6.45. The first-order valence-electron chi connectivity index (χ1n) is 9.29. The van der Waals surface area contributed by atoms with Crippen molar-refractivity contribution in [1.82, 2.24) is 0 Å². The third-order valence-corrected chi connectivity index (χ3v) is 5.10. The van der Waals surface area contributed by atoms with Crippen molar-refractivity contribution in [2.45, 2.75) is 71.1 Å². The molecule has 0 saturated heterocycles. The van der Waals surface area contributed by atoms with E-state index < -0.39 is 11.6 Å². The molecule has 0 nitrogen and oxygen atoms in total. The summed E-state index contributed by atoms with van der Waals surface area (Å²) in [5.74, 6) is 0.170. The number of hydrogen-bond acceptors (Lipinski definition) is 0. The number of halogens is 2. The van der Waals surface area contributed by atoms with Crippen LogP contribution in [0.15, 0.2) is 30.4 Å². The van der Waals surface area contributed by atoms with Gasteiger partial charge in [-0.25, -0.2) is 8.78 Å². The molecule has 2 heteroatoms. The fourth-order valence-corrected chi connectivity index (χ4v) is 3.59. The molecular formula is C21H30F2. The van der Waals surface area contributed by atoms with Gasteiger partial charge in [0, 0.05) is 0 Å². The van der Waals surface area contributed by atoms with E-state index >= 15 is 0 Å². The highest BCUT2D eigenvalue weighted by Gasteiger charge is 2.18. The first-order chi connectivity index (χ1) is 11.2. The van der Waals surface area contributed by atoms with Crippen molar-refractivity contribution in [3.8, 4) is 0 Å². The Labute approximate surface area is 140 Å². The Hall–Kier alpha value is -1.18. The maximum absolute atomic E-state index is 13.1. The zero-order chi connectivity index (χ0) is 16.5. The van der Waals surface area contributed by atoms with E-state index in [1.54, 1.807) is 6.07 Å². The maximum Gasteiger partial charge on any atom is 0.159 e. The number of unbranched alkanes of at least 4 members (excludes halogenated alkanes) is 2. The zero-order valence-corrected chi connectivity index (χ0v) is 14.4. The highest BCUT2D eigenvalue weighted by atomic mass is 19.2. The monoisotopic (exact) mass is 320 g/mol. The van der Waals surface area contributed by atoms with Crippen molar-refractivity contribution >= 4 is 0 Å². The molecule has 0 bridgehead atoms. The van der Waals surface area contributed by atoms with Crippen LogP contribution in [0.2, 0.25) is 0 Å². The molecule has 0 unspecified atom stereocenters. The van der Waals surface area contributed by atoms with Gasteiger partial charge in [0.15, 0.2) is 11.6 Å². The van der Waals surface area contributed by atoms with Crippen molar-refractivity contribution in [1.29, 1.82) is 0 Å². The quantitative estimate of drug-likeness (QED) is 0.363. The highest BCUT2D eigenvalue weighted by molar-refractivity contribution is 5.18. The Bertz CT molecular complexity index is 485. The summed E-state index contributed by atoms with van der Waals surface area (Å²) in [5.41, 5.74) is 0.869. The van der Waals surface area contributed by atoms with Gasteiger partial charge in [-0.1, -0.05) is 50.8 Å². The molecule has 2 rings (SSSR count). The number of rotatable bonds is 8. The summed E-state index contributed by atoms with van der Waals surface area (Å²) < 4.78 is 26.0. The predicted octanol–water partition coefficient (Wildman–Crippen LogP) is 6.84. The Morgan fingerprint density at radius 2 is 1.83 bits per heavy atom. The van der Waals surface area contributed by atoms with Crippen molar-refractivity contribution in [2.24, 2.45) is 11.8 Å². The minimum absolute atomic E-state index is 0.724. The average Bonchev–Trinajstić information content (AvgIpc) is 2.56. The summed E-state index contributed by atoms with van der Waals surface area (Å²) in [6.45, 7) is 2.27. The molecule has 1 saturated carbocycles. The van der Waals surface area contributed by atoms with Gasteiger partial charge in [0.2, 0.25) is 0 Å². The lowest BCUT2D eigenvalue weighted by Gasteiger charge is -2.26. The van der Waals surface area contributed by atoms with Gasteiger partial charge in [-0.3, -0.25) is 0 Å². The van der Waals surface area contributed by atoms with E-state index in [-0.39, 0.29) is 0 Å². The Morgan fingerprint density at radius 3 is 2.52 bits per heavy atom. The molecule has 0 radical (unpaired) electrons. The minimum atomic E-state index is -0.764. The van der Waals surface area contributed by atoms with E-state index in [1.165, 1.54) is 63.5 Å². The van der Waals surface area contributed by atoms with Crippen LogP contribution in [-0.2, 0) is 6.42 Å². The summed E-state index contributed by atoms with van der Waals surface area (Å²) in [7, 11) is 0. The molecule has 1 aliphatic rings. The van der Waals surface area contributed by atoms with Gasteiger partial charge in [-0.2, -0.15) is 0 Å². The number of aryl methyl sites for hydroxylation is 1. The molecule has 0 heterocycles. The van der Waals surface area contributed by atoms with Crippen molar-refractivity contribution in [2.75, 3.05) is 0 Å². The van der Waals surface area contributed by atoms with Crippen LogP contribution in [0.4, 0.5) is 8.78 Å². The molecule has 0 aromatic heterocycles. The van der Waals surface area contributed by atoms with Gasteiger partial charge >= 0.3 is 0 Å². The lowest BCUT2D eigenvalue weighted by molar-refractivity contribution is 0.289. The van der Waals surface area contributed by atoms with Gasteiger partial charge in [0.05, 0.1) is 0 Å². The molecular weight excluding hydrogens is 290 g/mol. The van der Waals surface area contributed by atoms with Gasteiger partial charge in [0.1, 0.15) is 0 Å². The van der Waals surface area contributed by atoms with Gasteiger partial charge < -0.3 is 0 Å². The normalized spacial score (nSPS) is 21.9. The topological polar surface area (TPSA) is 0 Å². The molecule has 0 spiro atoms. The van der Waals surface area contributed by atoms with Crippen LogP contribution >= 0.6 is 0 Å². The van der Waals surface area contributed by atoms with Crippen LogP contribution in [0.25, 0.3) is 0 Å². The van der Waals surface area contributed by atoms with Crippen molar-refractivity contribution in [3.05, 3.63) is 47.5 Å². The molecule has 1 fully saturated rings. The molecule has 128 valence electrons. The van der Waals surface area contributed by atoms with E-state index in [0.29, 0.717) is 0 Å². The largest absolute Gasteiger partial charge is 0.204 e. The summed E-state index contributed by atoms with van der Waals surface area (Å²) in [4.78, 5) is 0. The second kappa shape index (κ2) is 9.85. The summed E-state index contributed by atoms with van der Waals surface area (Å²) in [5, 5.41) is 0. The summed E-state index contributed by atoms with van der Waals surface area (Å²) >= 11 is 0. The van der Waals surface area contributed by atoms with E-state index in [1.807, 2.05) is 0 Å². The molecule has 1 aliphatic carbocycles. The van der Waals surface area contributed by atoms with Crippen molar-refractivity contribution in [3.63, 3.8) is 0 Å². The molecule has 0 atom stereocenters. The van der Waals surface area contributed by atoms with Crippen LogP contribution < -0.4 is 0 Å². The zero-order valence-electron chi connectivity index (χ0n) is 14.4. The lowest BCUT2D eigenvalue weighted by Crippen LogP contribution is -2.13. The Balaban J connectivity index is 1.64. The maximum atomic E-state index is 13.1. The standard InChI is InChI=1S/C21H30F2/c1-2-3-4-7-17-10-12-18(13-11-17)8-5-6-9-19-14-15-20(22)21(23)16-19/h5,8,14-18H,2-4,6-7,9-13H2,1H3/b8-5+. The number of benzene rings is 1. The average molecular weight is 320 g/mol. The Morgan fingerprint density at radius 1 is 1.04 bits per heavy atom. The highest BCUT2D eigenvalue weighted by Crippen LogP contribution is 2.32. The predicted molar refractivity (Wildman–Crippen MR) is 93.4 cm³/mol. The smallest absolute Gasteiger partial charge is 0.159 e. The van der Waals surface area contributed by atoms with Crippen LogP contribution in [0, 0.1) is 23.5 Å². The Kier molecular flexibility index (Phi) is 7.78. The van der Waals surface area contributed by atoms with Gasteiger partial charge in [-0.05, 0) is 68.1 Å². The third-order valence-electron chi connectivity index (χ3n) is 5.10. The van der Waals surface area contributed by atoms with Gasteiger partial charge in [-0.15, -0.1) is 0 Å². The fourth-order valence-electron chi connectivity index (χ4n) is 3.59. The molecule has 0 N–H and O–H groups in total. The number of hydrogen-bond donors (Lipinski definition) is 0. The van der Waals surface area contributed by atoms with Crippen LogP contribution in [0.5, 0.6) is 0 Å². The van der Waals surface area contributed by atoms with E-state index in [9.17, 15) is 8.78 Å². The van der Waals surface area contributed by atoms with Crippen molar-refractivity contribution < 1.29 is 8.78 Å². The first kappa shape index (κ1) is 18.2. The van der Waals surface area contributed by atoms with E-state index in [2.05, 4.69) is 19.1 Å². The van der Waals surface area contributed by atoms with Gasteiger partial charge in [0.25, 0.3) is 0 Å². The second-order valence-corrected chi connectivity index (χ2v) is 6.99. The fraction of sp³-hybridized carbons (Fsp3) is 0.619. The number of allylic oxidation sites excluding steroid dienone is 2. The van der Waals surface area contributed by atoms with E-state index in [0.717, 1.165) is 30.2 Å². The SMILES string of the molecule is CCCCCC1CCC(/C=C/CCc2ccc(F)c(F)c2)CC1. The van der Waals surface area contributed by atoms with Crippen LogP contribution in [0.1, 0.15) is 70.3 Å². The lowest BCUT2D eigenvalue weighted by atomic mass is 9.79. The molecule has 1 aromatic carbocycles. The summed E-state index contributed by atoms with van der Waals surface area (Å²) in [6.07, 6.45) is 17.2. The van der Waals surface area contributed by atoms with Crippen LogP contribution in [0.3, 0.4) is 0 Å². The second-order valence-electron chi connectivity index (χ2n) is 6.99. The minimum Gasteiger partial charge on any atom is -0.204 e. The molecule has 1 aromatic rings. The first-order valence-corrected chi connectivity index (χ1v) is 9.29.